The van der Waals surface area contributed by atoms with Gasteiger partial charge < -0.3 is 9.80 Å². The number of hydrogen-bond donors (Lipinski definition) is 0. The normalized spacial score (nSPS) is 28.6. The van der Waals surface area contributed by atoms with Crippen LogP contribution in [0.5, 0.6) is 0 Å². The fourth-order valence-electron chi connectivity index (χ4n) is 13.1. The van der Waals surface area contributed by atoms with Gasteiger partial charge in [0.15, 0.2) is 0 Å². The lowest BCUT2D eigenvalue weighted by Gasteiger charge is -2.67. The molecule has 0 aromatic heterocycles. The first-order chi connectivity index (χ1) is 26.9. The number of anilines is 4. The van der Waals surface area contributed by atoms with Gasteiger partial charge in [-0.15, -0.1) is 11.8 Å². The standard InChI is InChI=1S/C53H50N2S/c1-9-10-16-32-23-24-40-38(29-32)51(6)26-25-31(3)44-49(51)52(7)46(45-34-17-11-14-22-42(34)56-53(44,45)8)48-43-35(27-30(2)28-41(43)55(40)52)33-18-15-20-37-47(33)54(48)39-21-13-12-19-36(39)50(37,4)5/h11-15,17-29,31,48H,9-10,16H2,1-8H3. The first-order valence-electron chi connectivity index (χ1n) is 21.0. The van der Waals surface area contributed by atoms with Crippen LogP contribution in [-0.2, 0) is 17.3 Å². The minimum atomic E-state index is -0.426. The van der Waals surface area contributed by atoms with Crippen molar-refractivity contribution in [3.63, 3.8) is 0 Å². The van der Waals surface area contributed by atoms with Crippen molar-refractivity contribution in [3.05, 3.63) is 165 Å². The Kier molecular flexibility index (Phi) is 6.33. The minimum absolute atomic E-state index is 0.0127. The first kappa shape index (κ1) is 33.4. The zero-order chi connectivity index (χ0) is 38.3. The van der Waals surface area contributed by atoms with Crippen molar-refractivity contribution in [1.29, 1.82) is 0 Å². The topological polar surface area (TPSA) is 6.48 Å². The highest BCUT2D eigenvalue weighted by molar-refractivity contribution is 8.01. The molecule has 0 saturated heterocycles. The number of aryl methyl sites for hydroxylation is 2. The number of nitrogens with zero attached hydrogens (tertiary/aromatic N) is 2. The van der Waals surface area contributed by atoms with Crippen LogP contribution in [0.25, 0.3) is 16.7 Å². The number of fused-ring (bicyclic) bond motifs is 13. The van der Waals surface area contributed by atoms with Gasteiger partial charge in [-0.2, -0.15) is 0 Å². The van der Waals surface area contributed by atoms with Gasteiger partial charge in [0.25, 0.3) is 0 Å². The lowest BCUT2D eigenvalue weighted by Crippen LogP contribution is -2.64. The molecule has 0 saturated carbocycles. The highest BCUT2D eigenvalue weighted by Gasteiger charge is 2.67. The summed E-state index contributed by atoms with van der Waals surface area (Å²) < 4.78 is -0.223. The quantitative estimate of drug-likeness (QED) is 0.170. The molecular weight excluding hydrogens is 697 g/mol. The van der Waals surface area contributed by atoms with Gasteiger partial charge in [-0.1, -0.05) is 119 Å². The van der Waals surface area contributed by atoms with Gasteiger partial charge in [0.1, 0.15) is 0 Å². The molecular formula is C53H50N2S. The number of hydrogen-bond acceptors (Lipinski definition) is 3. The molecule has 0 bridgehead atoms. The van der Waals surface area contributed by atoms with Gasteiger partial charge in [-0.3, -0.25) is 0 Å². The fourth-order valence-corrected chi connectivity index (χ4v) is 14.7. The van der Waals surface area contributed by atoms with E-state index in [-0.39, 0.29) is 21.6 Å². The predicted molar refractivity (Wildman–Crippen MR) is 236 cm³/mol. The smallest absolute Gasteiger partial charge is 0.0892 e. The number of thioether (sulfide) groups is 1. The second-order valence-electron chi connectivity index (χ2n) is 18.8. The minimum Gasteiger partial charge on any atom is -0.329 e. The molecule has 2 aliphatic carbocycles. The molecule has 5 atom stereocenters. The zero-order valence-corrected chi connectivity index (χ0v) is 34.8. The van der Waals surface area contributed by atoms with Gasteiger partial charge >= 0.3 is 0 Å². The van der Waals surface area contributed by atoms with Gasteiger partial charge in [-0.05, 0) is 132 Å². The highest BCUT2D eigenvalue weighted by Crippen LogP contribution is 2.76. The van der Waals surface area contributed by atoms with E-state index in [1.54, 1.807) is 22.3 Å². The van der Waals surface area contributed by atoms with E-state index < -0.39 is 5.54 Å². The number of para-hydroxylation sites is 2. The van der Waals surface area contributed by atoms with Gasteiger partial charge in [0, 0.05) is 43.9 Å². The van der Waals surface area contributed by atoms with Crippen molar-refractivity contribution in [3.8, 4) is 11.1 Å². The van der Waals surface area contributed by atoms with Crippen LogP contribution in [0.4, 0.5) is 22.7 Å². The summed E-state index contributed by atoms with van der Waals surface area (Å²) in [6.45, 7) is 19.8. The van der Waals surface area contributed by atoms with Crippen molar-refractivity contribution >= 4 is 40.1 Å². The molecule has 5 aliphatic heterocycles. The largest absolute Gasteiger partial charge is 0.329 e. The molecule has 0 N–H and O–H groups in total. The molecule has 2 nitrogen and oxygen atoms in total. The maximum atomic E-state index is 2.86. The summed E-state index contributed by atoms with van der Waals surface area (Å²) >= 11 is 2.12. The SMILES string of the molecule is CCCCc1ccc2c(c1)C1(C)C=CC(C)C3=C1C1(C)C(=C4c5ccccc5SC43C)C3c4c(cc(C)cc4N21)-c1cccc2c1N3c1ccccc1C2(C)C. The second kappa shape index (κ2) is 10.6. The molecule has 12 rings (SSSR count). The number of unbranched alkanes of at least 4 members (excludes halogenated alkanes) is 1. The molecule has 5 aromatic carbocycles. The van der Waals surface area contributed by atoms with Crippen molar-refractivity contribution in [2.45, 2.75) is 107 Å². The van der Waals surface area contributed by atoms with Crippen LogP contribution in [0.2, 0.25) is 0 Å². The van der Waals surface area contributed by atoms with E-state index >= 15 is 0 Å². The number of rotatable bonds is 3. The molecule has 5 heterocycles. The number of benzene rings is 5. The van der Waals surface area contributed by atoms with Crippen LogP contribution in [0, 0.1) is 12.8 Å². The Morgan fingerprint density at radius 3 is 2.32 bits per heavy atom. The van der Waals surface area contributed by atoms with Crippen LogP contribution >= 0.6 is 11.8 Å². The van der Waals surface area contributed by atoms with Crippen LogP contribution in [-0.4, -0.2) is 10.3 Å². The van der Waals surface area contributed by atoms with Crippen LogP contribution in [0.1, 0.15) is 106 Å². The summed E-state index contributed by atoms with van der Waals surface area (Å²) in [7, 11) is 0. The Morgan fingerprint density at radius 1 is 0.714 bits per heavy atom. The summed E-state index contributed by atoms with van der Waals surface area (Å²) in [4.78, 5) is 7.10. The molecule has 3 heteroatoms. The van der Waals surface area contributed by atoms with Crippen LogP contribution in [0.15, 0.2) is 131 Å². The van der Waals surface area contributed by atoms with Crippen molar-refractivity contribution in [2.75, 3.05) is 9.80 Å². The monoisotopic (exact) mass is 746 g/mol. The third kappa shape index (κ3) is 3.65. The Labute approximate surface area is 337 Å². The van der Waals surface area contributed by atoms with Crippen LogP contribution < -0.4 is 9.80 Å². The summed E-state index contributed by atoms with van der Waals surface area (Å²) in [5, 5.41) is 0. The molecule has 278 valence electrons. The molecule has 56 heavy (non-hydrogen) atoms. The lowest BCUT2D eigenvalue weighted by atomic mass is 9.49. The van der Waals surface area contributed by atoms with E-state index in [2.05, 4.69) is 186 Å². The Balaban J connectivity index is 1.31. The third-order valence-electron chi connectivity index (χ3n) is 15.3. The second-order valence-corrected chi connectivity index (χ2v) is 20.2. The Hall–Kier alpha value is -4.73. The van der Waals surface area contributed by atoms with Crippen molar-refractivity contribution in [1.82, 2.24) is 0 Å². The molecule has 5 aromatic rings. The maximum Gasteiger partial charge on any atom is 0.0892 e. The zero-order valence-electron chi connectivity index (χ0n) is 34.0. The van der Waals surface area contributed by atoms with E-state index in [4.69, 9.17) is 0 Å². The lowest BCUT2D eigenvalue weighted by molar-refractivity contribution is 0.421. The molecule has 0 radical (unpaired) electrons. The molecule has 0 fully saturated rings. The third-order valence-corrected chi connectivity index (χ3v) is 16.7. The average Bonchev–Trinajstić information content (AvgIpc) is 3.49. The fraction of sp³-hybridized carbons (Fsp3) is 0.321. The maximum absolute atomic E-state index is 2.86. The highest BCUT2D eigenvalue weighted by atomic mass is 32.2. The Morgan fingerprint density at radius 2 is 1.48 bits per heavy atom. The van der Waals surface area contributed by atoms with E-state index in [0.717, 1.165) is 6.42 Å². The van der Waals surface area contributed by atoms with Crippen molar-refractivity contribution < 1.29 is 0 Å². The van der Waals surface area contributed by atoms with E-state index in [1.165, 1.54) is 90.6 Å². The molecule has 0 amide bonds. The summed E-state index contributed by atoms with van der Waals surface area (Å²) in [6, 6.07) is 38.5. The van der Waals surface area contributed by atoms with Gasteiger partial charge in [0.2, 0.25) is 0 Å². The van der Waals surface area contributed by atoms with E-state index in [0.29, 0.717) is 5.92 Å². The Bertz CT molecular complexity index is 2740. The van der Waals surface area contributed by atoms with Gasteiger partial charge in [-0.25, -0.2) is 0 Å². The van der Waals surface area contributed by atoms with E-state index in [1.807, 2.05) is 0 Å². The van der Waals surface area contributed by atoms with Crippen LogP contribution in [0.3, 0.4) is 0 Å². The summed E-state index contributed by atoms with van der Waals surface area (Å²) in [5.74, 6) is 0.314. The summed E-state index contributed by atoms with van der Waals surface area (Å²) in [6.07, 6.45) is 8.71. The van der Waals surface area contributed by atoms with Crippen molar-refractivity contribution in [2.24, 2.45) is 5.92 Å². The molecule has 5 unspecified atom stereocenters. The summed E-state index contributed by atoms with van der Waals surface area (Å²) in [5.41, 5.74) is 23.7. The number of allylic oxidation sites excluding steroid dienone is 2. The molecule has 7 aliphatic rings. The predicted octanol–water partition coefficient (Wildman–Crippen LogP) is 13.9. The molecule has 0 spiro atoms. The average molecular weight is 747 g/mol. The van der Waals surface area contributed by atoms with E-state index in [9.17, 15) is 0 Å². The first-order valence-corrected chi connectivity index (χ1v) is 21.9. The van der Waals surface area contributed by atoms with Gasteiger partial charge in [0.05, 0.1) is 22.0 Å².